The van der Waals surface area contributed by atoms with Gasteiger partial charge in [0.25, 0.3) is 0 Å². The van der Waals surface area contributed by atoms with E-state index < -0.39 is 0 Å². The van der Waals surface area contributed by atoms with Crippen LogP contribution < -0.4 is 5.32 Å². The van der Waals surface area contributed by atoms with Gasteiger partial charge in [-0.2, -0.15) is 0 Å². The van der Waals surface area contributed by atoms with Crippen LogP contribution in [0.4, 0.5) is 10.1 Å². The van der Waals surface area contributed by atoms with Gasteiger partial charge in [0.15, 0.2) is 5.17 Å². The molecule has 0 atom stereocenters. The van der Waals surface area contributed by atoms with Crippen LogP contribution in [-0.2, 0) is 0 Å². The number of nitrogens with zero attached hydrogens (tertiary/aromatic N) is 1. The minimum atomic E-state index is -0.222. The SMILES string of the molecule is C=C1SC(Nc2ccc(F)cc2)=NC12CCCCC2. The van der Waals surface area contributed by atoms with Crippen LogP contribution in [-0.4, -0.2) is 10.7 Å². The molecule has 1 N–H and O–H groups in total. The van der Waals surface area contributed by atoms with Gasteiger partial charge in [0.2, 0.25) is 0 Å². The van der Waals surface area contributed by atoms with Crippen LogP contribution in [0.3, 0.4) is 0 Å². The molecule has 100 valence electrons. The second-order valence-electron chi connectivity index (χ2n) is 5.17. The lowest BCUT2D eigenvalue weighted by molar-refractivity contribution is 0.360. The van der Waals surface area contributed by atoms with Crippen LogP contribution in [0, 0.1) is 5.82 Å². The number of hydrogen-bond acceptors (Lipinski definition) is 3. The zero-order valence-corrected chi connectivity index (χ0v) is 11.6. The van der Waals surface area contributed by atoms with Crippen LogP contribution >= 0.6 is 11.8 Å². The summed E-state index contributed by atoms with van der Waals surface area (Å²) in [4.78, 5) is 6.00. The zero-order chi connectivity index (χ0) is 13.3. The van der Waals surface area contributed by atoms with Crippen molar-refractivity contribution in [2.75, 3.05) is 5.32 Å². The Morgan fingerprint density at radius 1 is 1.16 bits per heavy atom. The number of hydrogen-bond donors (Lipinski definition) is 1. The number of halogens is 1. The van der Waals surface area contributed by atoms with Crippen LogP contribution in [0.5, 0.6) is 0 Å². The molecule has 1 aromatic rings. The van der Waals surface area contributed by atoms with Gasteiger partial charge in [-0.05, 0) is 37.1 Å². The Morgan fingerprint density at radius 2 is 1.84 bits per heavy atom. The Balaban J connectivity index is 1.77. The third-order valence-corrected chi connectivity index (χ3v) is 4.84. The molecule has 2 nitrogen and oxygen atoms in total. The van der Waals surface area contributed by atoms with Crippen LogP contribution in [0.2, 0.25) is 0 Å². The summed E-state index contributed by atoms with van der Waals surface area (Å²) in [6.45, 7) is 4.19. The summed E-state index contributed by atoms with van der Waals surface area (Å²) < 4.78 is 12.9. The van der Waals surface area contributed by atoms with Gasteiger partial charge >= 0.3 is 0 Å². The van der Waals surface area contributed by atoms with Gasteiger partial charge in [-0.1, -0.05) is 37.6 Å². The molecule has 0 bridgehead atoms. The minimum Gasteiger partial charge on any atom is -0.335 e. The van der Waals surface area contributed by atoms with E-state index in [1.165, 1.54) is 31.4 Å². The Labute approximate surface area is 117 Å². The third kappa shape index (κ3) is 2.54. The molecule has 1 saturated carbocycles. The van der Waals surface area contributed by atoms with Gasteiger partial charge in [0, 0.05) is 10.6 Å². The molecule has 1 fully saturated rings. The molecular weight excluding hydrogens is 259 g/mol. The van der Waals surface area contributed by atoms with Crippen molar-refractivity contribution in [3.05, 3.63) is 41.6 Å². The lowest BCUT2D eigenvalue weighted by Gasteiger charge is -2.30. The smallest absolute Gasteiger partial charge is 0.166 e. The maximum atomic E-state index is 12.9. The van der Waals surface area contributed by atoms with Gasteiger partial charge in [-0.25, -0.2) is 9.38 Å². The molecule has 1 aromatic carbocycles. The quantitative estimate of drug-likeness (QED) is 0.813. The molecule has 1 spiro atoms. The first-order valence-corrected chi connectivity index (χ1v) is 7.49. The molecule has 0 unspecified atom stereocenters. The Hall–Kier alpha value is -1.29. The Bertz CT molecular complexity index is 515. The summed E-state index contributed by atoms with van der Waals surface area (Å²) in [6, 6.07) is 6.36. The van der Waals surface area contributed by atoms with Crippen LogP contribution in [0.1, 0.15) is 32.1 Å². The summed E-state index contributed by atoms with van der Waals surface area (Å²) in [5.41, 5.74) is 0.818. The summed E-state index contributed by atoms with van der Waals surface area (Å²) in [6.07, 6.45) is 5.97. The van der Waals surface area contributed by atoms with Crippen LogP contribution in [0.25, 0.3) is 0 Å². The van der Waals surface area contributed by atoms with Gasteiger partial charge in [-0.3, -0.25) is 0 Å². The van der Waals surface area contributed by atoms with Crippen molar-refractivity contribution in [3.8, 4) is 0 Å². The predicted octanol–water partition coefficient (Wildman–Crippen LogP) is 4.56. The number of amidine groups is 1. The van der Waals surface area contributed by atoms with Crippen molar-refractivity contribution in [2.45, 2.75) is 37.6 Å². The summed E-state index contributed by atoms with van der Waals surface area (Å²) in [5, 5.41) is 4.14. The monoisotopic (exact) mass is 276 g/mol. The fourth-order valence-electron chi connectivity index (χ4n) is 2.73. The number of anilines is 1. The van der Waals surface area contributed by atoms with E-state index in [1.54, 1.807) is 23.9 Å². The first kappa shape index (κ1) is 12.7. The zero-order valence-electron chi connectivity index (χ0n) is 10.8. The summed E-state index contributed by atoms with van der Waals surface area (Å²) >= 11 is 1.62. The molecule has 0 radical (unpaired) electrons. The van der Waals surface area contributed by atoms with Crippen molar-refractivity contribution >= 4 is 22.6 Å². The van der Waals surface area contributed by atoms with Gasteiger partial charge in [0.1, 0.15) is 5.82 Å². The van der Waals surface area contributed by atoms with Crippen molar-refractivity contribution < 1.29 is 4.39 Å². The third-order valence-electron chi connectivity index (χ3n) is 3.83. The highest BCUT2D eigenvalue weighted by Crippen LogP contribution is 2.47. The molecule has 1 heterocycles. The molecule has 1 aliphatic heterocycles. The number of rotatable bonds is 1. The molecule has 3 rings (SSSR count). The average Bonchev–Trinajstić information content (AvgIpc) is 2.69. The standard InChI is InChI=1S/C15H17FN2S/c1-11-15(9-3-2-4-10-15)18-14(19-11)17-13-7-5-12(16)6-8-13/h5-8H,1-4,9-10H2,(H,17,18). The van der Waals surface area contributed by atoms with Crippen LogP contribution in [0.15, 0.2) is 40.7 Å². The van der Waals surface area contributed by atoms with Crippen molar-refractivity contribution in [1.29, 1.82) is 0 Å². The van der Waals surface area contributed by atoms with Crippen molar-refractivity contribution in [1.82, 2.24) is 0 Å². The van der Waals surface area contributed by atoms with E-state index in [4.69, 9.17) is 4.99 Å². The van der Waals surface area contributed by atoms with E-state index in [2.05, 4.69) is 11.9 Å². The number of thioether (sulfide) groups is 1. The first-order valence-electron chi connectivity index (χ1n) is 6.68. The second-order valence-corrected chi connectivity index (χ2v) is 6.25. The van der Waals surface area contributed by atoms with E-state index in [9.17, 15) is 4.39 Å². The highest BCUT2D eigenvalue weighted by molar-refractivity contribution is 8.17. The topological polar surface area (TPSA) is 24.4 Å². The maximum absolute atomic E-state index is 12.9. The lowest BCUT2D eigenvalue weighted by atomic mass is 9.82. The highest BCUT2D eigenvalue weighted by atomic mass is 32.2. The van der Waals surface area contributed by atoms with E-state index in [-0.39, 0.29) is 11.4 Å². The molecule has 2 aliphatic rings. The molecule has 4 heteroatoms. The number of nitrogens with one attached hydrogen (secondary N) is 1. The molecule has 0 saturated heterocycles. The van der Waals surface area contributed by atoms with E-state index in [0.717, 1.165) is 28.6 Å². The van der Waals surface area contributed by atoms with Gasteiger partial charge in [-0.15, -0.1) is 0 Å². The van der Waals surface area contributed by atoms with E-state index >= 15 is 0 Å². The number of benzene rings is 1. The van der Waals surface area contributed by atoms with E-state index in [1.807, 2.05) is 0 Å². The molecular formula is C15H17FN2S. The Kier molecular flexibility index (Phi) is 3.35. The fourth-order valence-corrected chi connectivity index (χ4v) is 3.79. The first-order chi connectivity index (χ1) is 9.18. The van der Waals surface area contributed by atoms with Gasteiger partial charge in [0.05, 0.1) is 5.54 Å². The van der Waals surface area contributed by atoms with Crippen molar-refractivity contribution in [3.63, 3.8) is 0 Å². The molecule has 19 heavy (non-hydrogen) atoms. The number of aliphatic imine (C=N–C) groups is 1. The van der Waals surface area contributed by atoms with Crippen molar-refractivity contribution in [2.24, 2.45) is 4.99 Å². The Morgan fingerprint density at radius 3 is 2.53 bits per heavy atom. The molecule has 0 aromatic heterocycles. The predicted molar refractivity (Wildman–Crippen MR) is 80.0 cm³/mol. The molecule has 0 amide bonds. The molecule has 1 aliphatic carbocycles. The fraction of sp³-hybridized carbons (Fsp3) is 0.400. The highest BCUT2D eigenvalue weighted by Gasteiger charge is 2.40. The minimum absolute atomic E-state index is 0.0503. The second kappa shape index (κ2) is 5.00. The van der Waals surface area contributed by atoms with Gasteiger partial charge < -0.3 is 5.32 Å². The average molecular weight is 276 g/mol. The maximum Gasteiger partial charge on any atom is 0.166 e. The van der Waals surface area contributed by atoms with E-state index in [0.29, 0.717) is 0 Å². The summed E-state index contributed by atoms with van der Waals surface area (Å²) in [7, 11) is 0. The lowest BCUT2D eigenvalue weighted by Crippen LogP contribution is -2.27. The largest absolute Gasteiger partial charge is 0.335 e. The summed E-state index contributed by atoms with van der Waals surface area (Å²) in [5.74, 6) is -0.222. The normalized spacial score (nSPS) is 21.5.